The summed E-state index contributed by atoms with van der Waals surface area (Å²) in [7, 11) is 2.08. The molecular weight excluding hydrogens is 220 g/mol. The number of nitrogens with zero attached hydrogens (tertiary/aromatic N) is 1. The van der Waals surface area contributed by atoms with E-state index in [0.717, 1.165) is 5.75 Å². The Balaban J connectivity index is 1.90. The molecule has 0 bridgehead atoms. The highest BCUT2D eigenvalue weighted by atomic mass is 16.4. The van der Waals surface area contributed by atoms with Gasteiger partial charge in [0.05, 0.1) is 11.3 Å². The fourth-order valence-corrected chi connectivity index (χ4v) is 2.97. The Hall–Kier alpha value is -1.70. The van der Waals surface area contributed by atoms with Crippen molar-refractivity contribution in [3.05, 3.63) is 42.1 Å². The van der Waals surface area contributed by atoms with Gasteiger partial charge >= 0.3 is 6.81 Å². The minimum Gasteiger partial charge on any atom is -0.569 e. The van der Waals surface area contributed by atoms with Crippen LogP contribution in [-0.2, 0) is 7.05 Å². The van der Waals surface area contributed by atoms with Crippen LogP contribution in [-0.4, -0.2) is 13.4 Å². The third-order valence-electron chi connectivity index (χ3n) is 4.10. The summed E-state index contributed by atoms with van der Waals surface area (Å²) in [4.78, 5) is 0. The zero-order valence-electron chi connectivity index (χ0n) is 10.7. The molecule has 0 aliphatic carbocycles. The maximum absolute atomic E-state index is 5.93. The van der Waals surface area contributed by atoms with Gasteiger partial charge in [0.15, 0.2) is 12.8 Å². The van der Waals surface area contributed by atoms with E-state index >= 15 is 0 Å². The number of benzene rings is 1. The van der Waals surface area contributed by atoms with Gasteiger partial charge in [-0.05, 0) is 30.1 Å². The van der Waals surface area contributed by atoms with Crippen LogP contribution < -0.4 is 14.7 Å². The molecule has 4 heteroatoms. The van der Waals surface area contributed by atoms with Crippen molar-refractivity contribution in [3.8, 4) is 17.0 Å². The molecule has 2 aromatic rings. The van der Waals surface area contributed by atoms with Crippen molar-refractivity contribution in [3.63, 3.8) is 0 Å². The number of aromatic nitrogens is 1. The fraction of sp³-hybridized carbons (Fsp3) is 0.214. The van der Waals surface area contributed by atoms with Gasteiger partial charge in [-0.1, -0.05) is 12.3 Å². The van der Waals surface area contributed by atoms with Crippen molar-refractivity contribution in [2.45, 2.75) is 13.1 Å². The molecule has 1 fully saturated rings. The second kappa shape index (κ2) is 3.41. The molecule has 1 aromatic heterocycles. The molecule has 1 saturated heterocycles. The molecule has 0 N–H and O–H groups in total. The molecule has 0 atom stereocenters. The van der Waals surface area contributed by atoms with Crippen molar-refractivity contribution < 1.29 is 9.22 Å². The summed E-state index contributed by atoms with van der Waals surface area (Å²) in [5, 5.41) is 0. The molecular formula is C14H14B2NO+. The summed E-state index contributed by atoms with van der Waals surface area (Å²) < 4.78 is 8.09. The number of pyridine rings is 1. The summed E-state index contributed by atoms with van der Waals surface area (Å²) in [5.41, 5.74) is 5.27. The number of rotatable bonds is 1. The molecule has 3 heterocycles. The molecule has 0 amide bonds. The Morgan fingerprint density at radius 1 is 1.28 bits per heavy atom. The van der Waals surface area contributed by atoms with Crippen LogP contribution in [0.1, 0.15) is 5.56 Å². The van der Waals surface area contributed by atoms with E-state index in [0.29, 0.717) is 13.4 Å². The zero-order valence-corrected chi connectivity index (χ0v) is 10.7. The van der Waals surface area contributed by atoms with Crippen molar-refractivity contribution in [2.75, 3.05) is 0 Å². The predicted molar refractivity (Wildman–Crippen MR) is 74.4 cm³/mol. The van der Waals surface area contributed by atoms with Gasteiger partial charge in [-0.25, -0.2) is 4.57 Å². The predicted octanol–water partition coefficient (Wildman–Crippen LogP) is 1.20. The summed E-state index contributed by atoms with van der Waals surface area (Å²) in [6.45, 7) is 3.34. The minimum absolute atomic E-state index is 0.471. The quantitative estimate of drug-likeness (QED) is 0.533. The van der Waals surface area contributed by atoms with Crippen LogP contribution in [0.15, 0.2) is 36.5 Å². The number of fused-ring (bicyclic) bond motifs is 3. The van der Waals surface area contributed by atoms with E-state index < -0.39 is 0 Å². The maximum Gasteiger partial charge on any atom is 0.314 e. The minimum atomic E-state index is 0.471. The third-order valence-corrected chi connectivity index (χ3v) is 4.10. The molecule has 0 unspecified atom stereocenters. The van der Waals surface area contributed by atoms with Crippen molar-refractivity contribution in [1.82, 2.24) is 0 Å². The summed E-state index contributed by atoms with van der Waals surface area (Å²) >= 11 is 0. The summed E-state index contributed by atoms with van der Waals surface area (Å²) in [6, 6.07) is 10.8. The normalized spacial score (nSPS) is 15.2. The maximum atomic E-state index is 5.93. The van der Waals surface area contributed by atoms with E-state index in [1.54, 1.807) is 0 Å². The van der Waals surface area contributed by atoms with E-state index in [4.69, 9.17) is 4.65 Å². The average molecular weight is 234 g/mol. The van der Waals surface area contributed by atoms with Crippen LogP contribution in [0.4, 0.5) is 0 Å². The highest BCUT2D eigenvalue weighted by Gasteiger charge is 2.56. The van der Waals surface area contributed by atoms with Crippen LogP contribution in [0, 0.1) is 6.92 Å². The van der Waals surface area contributed by atoms with Crippen molar-refractivity contribution >= 4 is 18.9 Å². The van der Waals surface area contributed by atoms with Crippen LogP contribution in [0.5, 0.6) is 5.75 Å². The third kappa shape index (κ3) is 1.35. The van der Waals surface area contributed by atoms with Gasteiger partial charge in [-0.2, -0.15) is 0 Å². The Labute approximate surface area is 108 Å². The van der Waals surface area contributed by atoms with Gasteiger partial charge in [-0.15, -0.1) is 0 Å². The van der Waals surface area contributed by atoms with E-state index in [-0.39, 0.29) is 0 Å². The van der Waals surface area contributed by atoms with Gasteiger partial charge in [0.1, 0.15) is 7.05 Å². The molecule has 2 nitrogen and oxygen atoms in total. The number of aryl methyl sites for hydroxylation is 2. The average Bonchev–Trinajstić information content (AvgIpc) is 3.04. The first-order valence-electron chi connectivity index (χ1n) is 6.50. The van der Waals surface area contributed by atoms with E-state index in [9.17, 15) is 0 Å². The molecule has 1 aromatic carbocycles. The van der Waals surface area contributed by atoms with Crippen molar-refractivity contribution in [1.29, 1.82) is 0 Å². The molecule has 2 aliphatic rings. The van der Waals surface area contributed by atoms with Crippen LogP contribution >= 0.6 is 0 Å². The topological polar surface area (TPSA) is 13.1 Å². The molecule has 4 rings (SSSR count). The Bertz CT molecular complexity index is 656. The number of hydrogen-bond donors (Lipinski definition) is 0. The van der Waals surface area contributed by atoms with Crippen LogP contribution in [0.25, 0.3) is 11.3 Å². The molecule has 2 aliphatic heterocycles. The second-order valence-electron chi connectivity index (χ2n) is 5.40. The largest absolute Gasteiger partial charge is 0.569 e. The van der Waals surface area contributed by atoms with Gasteiger partial charge < -0.3 is 4.65 Å². The summed E-state index contributed by atoms with van der Waals surface area (Å²) in [5.74, 6) is 1.10. The monoisotopic (exact) mass is 234 g/mol. The lowest BCUT2D eigenvalue weighted by Crippen LogP contribution is -2.30. The molecule has 0 radical (unpaired) electrons. The standard InChI is InChI=1S/C14H14B2NO/c1-10-7-12-14(18-16-9-15(12)16)8-11(10)13-5-3-4-6-17(13)2/h3-8H,9H2,1-2H3/q+1. The van der Waals surface area contributed by atoms with Gasteiger partial charge in [0, 0.05) is 12.1 Å². The number of hydrogen-bond acceptors (Lipinski definition) is 1. The molecule has 0 spiro atoms. The molecule has 0 saturated carbocycles. The highest BCUT2D eigenvalue weighted by Crippen LogP contribution is 2.35. The Morgan fingerprint density at radius 3 is 3.00 bits per heavy atom. The second-order valence-corrected chi connectivity index (χ2v) is 5.40. The molecule has 18 heavy (non-hydrogen) atoms. The van der Waals surface area contributed by atoms with Gasteiger partial charge in [-0.3, -0.25) is 0 Å². The van der Waals surface area contributed by atoms with Gasteiger partial charge in [0.2, 0.25) is 5.69 Å². The fourth-order valence-electron chi connectivity index (χ4n) is 2.97. The molecule has 86 valence electrons. The Morgan fingerprint density at radius 2 is 2.17 bits per heavy atom. The smallest absolute Gasteiger partial charge is 0.314 e. The van der Waals surface area contributed by atoms with E-state index in [2.05, 4.69) is 55.1 Å². The highest BCUT2D eigenvalue weighted by molar-refractivity contribution is 7.44. The van der Waals surface area contributed by atoms with Crippen LogP contribution in [0.3, 0.4) is 0 Å². The first kappa shape index (κ1) is 10.2. The lowest BCUT2D eigenvalue weighted by Gasteiger charge is -2.10. The first-order chi connectivity index (χ1) is 8.74. The lowest BCUT2D eigenvalue weighted by atomic mass is 9.47. The SMILES string of the molecule is Cc1cc2c(cc1-c1cccc[n+]1C)OB1CB12. The van der Waals surface area contributed by atoms with E-state index in [1.165, 1.54) is 28.5 Å². The Kier molecular flexibility index (Phi) is 1.94. The van der Waals surface area contributed by atoms with Gasteiger partial charge in [0.25, 0.3) is 0 Å². The van der Waals surface area contributed by atoms with Crippen molar-refractivity contribution in [2.24, 2.45) is 7.05 Å². The zero-order chi connectivity index (χ0) is 12.3. The summed E-state index contributed by atoms with van der Waals surface area (Å²) in [6.07, 6.45) is 3.30. The van der Waals surface area contributed by atoms with E-state index in [1.807, 2.05) is 0 Å². The lowest BCUT2D eigenvalue weighted by molar-refractivity contribution is -0.660. The van der Waals surface area contributed by atoms with Crippen LogP contribution in [0.2, 0.25) is 6.22 Å². The first-order valence-corrected chi connectivity index (χ1v) is 6.50.